The second-order valence-corrected chi connectivity index (χ2v) is 9.34. The molecule has 1 atom stereocenters. The molecule has 1 saturated heterocycles. The molecule has 0 aromatic heterocycles. The first-order valence-corrected chi connectivity index (χ1v) is 12.8. The average molecular weight is 565 g/mol. The molecular weight excluding hydrogens is 536 g/mol. The summed E-state index contributed by atoms with van der Waals surface area (Å²) in [4.78, 5) is 30.5. The number of nitrogens with zero attached hydrogens (tertiary/aromatic N) is 2. The molecule has 1 unspecified atom stereocenters. The molecule has 3 aromatic rings. The van der Waals surface area contributed by atoms with Crippen LogP contribution in [0.3, 0.4) is 0 Å². The number of aliphatic hydroxyl groups excluding tert-OH is 1. The van der Waals surface area contributed by atoms with Gasteiger partial charge in [-0.3, -0.25) is 14.5 Å². The number of anilines is 2. The van der Waals surface area contributed by atoms with E-state index in [1.54, 1.807) is 50.6 Å². The van der Waals surface area contributed by atoms with Crippen LogP contribution in [0.4, 0.5) is 11.4 Å². The Hall–Kier alpha value is -3.78. The smallest absolute Gasteiger partial charge is 0.300 e. The summed E-state index contributed by atoms with van der Waals surface area (Å²) in [5.74, 6) is -0.582. The van der Waals surface area contributed by atoms with Gasteiger partial charge in [0.05, 0.1) is 30.3 Å². The van der Waals surface area contributed by atoms with Gasteiger partial charge in [-0.05, 0) is 89.9 Å². The number of Topliss-reactive ketones (excluding diaryl/α,β-unsaturated/α-hetero) is 1. The predicted molar refractivity (Wildman–Crippen MR) is 148 cm³/mol. The predicted octanol–water partition coefficient (Wildman–Crippen LogP) is 5.94. The fourth-order valence-electron chi connectivity index (χ4n) is 4.61. The second kappa shape index (κ2) is 11.1. The molecule has 0 radical (unpaired) electrons. The topological polar surface area (TPSA) is 79.3 Å². The summed E-state index contributed by atoms with van der Waals surface area (Å²) in [6, 6.07) is 18.8. The fraction of sp³-hybridized carbons (Fsp3) is 0.241. The van der Waals surface area contributed by atoms with Gasteiger partial charge in [0.25, 0.3) is 11.7 Å². The molecule has 4 rings (SSSR count). The van der Waals surface area contributed by atoms with Crippen molar-refractivity contribution in [2.75, 3.05) is 37.1 Å². The van der Waals surface area contributed by atoms with E-state index in [9.17, 15) is 14.7 Å². The number of amides is 1. The van der Waals surface area contributed by atoms with E-state index in [1.165, 1.54) is 4.90 Å². The maximum absolute atomic E-state index is 13.4. The van der Waals surface area contributed by atoms with E-state index < -0.39 is 17.7 Å². The van der Waals surface area contributed by atoms with Gasteiger partial charge in [0.15, 0.2) is 0 Å². The van der Waals surface area contributed by atoms with Crippen LogP contribution in [-0.2, 0) is 9.59 Å². The van der Waals surface area contributed by atoms with Crippen molar-refractivity contribution in [3.63, 3.8) is 0 Å². The maximum atomic E-state index is 13.4. The third kappa shape index (κ3) is 4.93. The molecule has 1 fully saturated rings. The standard InChI is InChI=1S/C29H29BrN2O5/c1-5-31(6-2)20-11-13-21(14-12-20)32-26(18-8-7-9-22(16-18)36-3)25(28(34)29(32)35)27(33)19-10-15-24(37-4)23(30)17-19/h7-17,26,33H,5-6H2,1-4H3/b27-25-. The molecule has 8 heteroatoms. The van der Waals surface area contributed by atoms with Gasteiger partial charge >= 0.3 is 0 Å². The summed E-state index contributed by atoms with van der Waals surface area (Å²) in [5.41, 5.74) is 2.60. The molecule has 1 aliphatic heterocycles. The lowest BCUT2D eigenvalue weighted by molar-refractivity contribution is -0.132. The Bertz CT molecular complexity index is 1350. The zero-order valence-corrected chi connectivity index (χ0v) is 22.8. The van der Waals surface area contributed by atoms with Crippen LogP contribution < -0.4 is 19.3 Å². The molecule has 1 amide bonds. The molecule has 37 heavy (non-hydrogen) atoms. The van der Waals surface area contributed by atoms with Gasteiger partial charge in [-0.15, -0.1) is 0 Å². The first-order chi connectivity index (χ1) is 17.8. The molecule has 0 aliphatic carbocycles. The molecule has 1 aliphatic rings. The number of ketones is 1. The Morgan fingerprint density at radius 3 is 2.27 bits per heavy atom. The van der Waals surface area contributed by atoms with Crippen LogP contribution in [0.15, 0.2) is 76.8 Å². The minimum atomic E-state index is -0.852. The fourth-order valence-corrected chi connectivity index (χ4v) is 5.15. The van der Waals surface area contributed by atoms with Crippen LogP contribution in [0.2, 0.25) is 0 Å². The average Bonchev–Trinajstić information content (AvgIpc) is 3.19. The Balaban J connectivity index is 1.89. The van der Waals surface area contributed by atoms with E-state index in [1.807, 2.05) is 30.3 Å². The number of ether oxygens (including phenoxy) is 2. The van der Waals surface area contributed by atoms with Crippen LogP contribution in [0.25, 0.3) is 5.76 Å². The Morgan fingerprint density at radius 2 is 1.68 bits per heavy atom. The van der Waals surface area contributed by atoms with Crippen molar-refractivity contribution < 1.29 is 24.2 Å². The number of halogens is 1. The van der Waals surface area contributed by atoms with Gasteiger partial charge in [0.1, 0.15) is 17.3 Å². The van der Waals surface area contributed by atoms with Crippen LogP contribution in [0.5, 0.6) is 11.5 Å². The number of hydrogen-bond acceptors (Lipinski definition) is 6. The van der Waals surface area contributed by atoms with Crippen molar-refractivity contribution in [1.82, 2.24) is 0 Å². The first-order valence-electron chi connectivity index (χ1n) is 12.0. The molecule has 0 saturated carbocycles. The molecule has 0 bridgehead atoms. The minimum Gasteiger partial charge on any atom is -0.507 e. The van der Waals surface area contributed by atoms with Crippen LogP contribution in [0, 0.1) is 0 Å². The van der Waals surface area contributed by atoms with Gasteiger partial charge in [-0.25, -0.2) is 0 Å². The summed E-state index contributed by atoms with van der Waals surface area (Å²) in [5, 5.41) is 11.4. The summed E-state index contributed by atoms with van der Waals surface area (Å²) < 4.78 is 11.3. The van der Waals surface area contributed by atoms with Crippen molar-refractivity contribution in [3.05, 3.63) is 87.9 Å². The van der Waals surface area contributed by atoms with Crippen LogP contribution in [-0.4, -0.2) is 44.1 Å². The number of benzene rings is 3. The van der Waals surface area contributed by atoms with E-state index in [0.29, 0.717) is 32.8 Å². The normalized spacial score (nSPS) is 16.7. The molecule has 192 valence electrons. The molecule has 0 spiro atoms. The highest BCUT2D eigenvalue weighted by atomic mass is 79.9. The molecular formula is C29H29BrN2O5. The zero-order chi connectivity index (χ0) is 26.7. The number of rotatable bonds is 8. The zero-order valence-electron chi connectivity index (χ0n) is 21.2. The van der Waals surface area contributed by atoms with Gasteiger partial charge in [-0.2, -0.15) is 0 Å². The van der Waals surface area contributed by atoms with Crippen LogP contribution >= 0.6 is 15.9 Å². The van der Waals surface area contributed by atoms with E-state index in [-0.39, 0.29) is 11.3 Å². The number of carbonyl (C=O) groups excluding carboxylic acids is 2. The number of aliphatic hydroxyl groups is 1. The number of carbonyl (C=O) groups is 2. The van der Waals surface area contributed by atoms with Crippen molar-refractivity contribution in [1.29, 1.82) is 0 Å². The maximum Gasteiger partial charge on any atom is 0.300 e. The van der Waals surface area contributed by atoms with Crippen molar-refractivity contribution in [2.24, 2.45) is 0 Å². The van der Waals surface area contributed by atoms with Gasteiger partial charge < -0.3 is 19.5 Å². The lowest BCUT2D eigenvalue weighted by atomic mass is 9.95. The van der Waals surface area contributed by atoms with E-state index >= 15 is 0 Å². The quantitative estimate of drug-likeness (QED) is 0.207. The highest BCUT2D eigenvalue weighted by Gasteiger charge is 2.47. The molecule has 1 heterocycles. The Labute approximate surface area is 225 Å². The third-order valence-electron chi connectivity index (χ3n) is 6.54. The summed E-state index contributed by atoms with van der Waals surface area (Å²) >= 11 is 3.43. The van der Waals surface area contributed by atoms with Gasteiger partial charge in [0.2, 0.25) is 0 Å². The van der Waals surface area contributed by atoms with E-state index in [2.05, 4.69) is 34.7 Å². The van der Waals surface area contributed by atoms with Gasteiger partial charge in [-0.1, -0.05) is 12.1 Å². The molecule has 7 nitrogen and oxygen atoms in total. The monoisotopic (exact) mass is 564 g/mol. The van der Waals surface area contributed by atoms with Crippen LogP contribution in [0.1, 0.15) is 31.0 Å². The molecule has 1 N–H and O–H groups in total. The minimum absolute atomic E-state index is 0.00291. The van der Waals surface area contributed by atoms with Crippen molar-refractivity contribution >= 4 is 44.8 Å². The van der Waals surface area contributed by atoms with Gasteiger partial charge in [0, 0.05) is 30.0 Å². The summed E-state index contributed by atoms with van der Waals surface area (Å²) in [6.07, 6.45) is 0. The second-order valence-electron chi connectivity index (χ2n) is 8.48. The summed E-state index contributed by atoms with van der Waals surface area (Å²) in [6.45, 7) is 5.86. The summed E-state index contributed by atoms with van der Waals surface area (Å²) in [7, 11) is 3.09. The lowest BCUT2D eigenvalue weighted by Gasteiger charge is -2.27. The van der Waals surface area contributed by atoms with Crippen molar-refractivity contribution in [2.45, 2.75) is 19.9 Å². The van der Waals surface area contributed by atoms with Crippen molar-refractivity contribution in [3.8, 4) is 11.5 Å². The largest absolute Gasteiger partial charge is 0.507 e. The molecule has 3 aromatic carbocycles. The first kappa shape index (κ1) is 26.3. The Kier molecular flexibility index (Phi) is 7.88. The number of hydrogen-bond donors (Lipinski definition) is 1. The lowest BCUT2D eigenvalue weighted by Crippen LogP contribution is -2.29. The van der Waals surface area contributed by atoms with E-state index in [0.717, 1.165) is 18.8 Å². The highest BCUT2D eigenvalue weighted by molar-refractivity contribution is 9.10. The Morgan fingerprint density at radius 1 is 0.973 bits per heavy atom. The number of methoxy groups -OCH3 is 2. The third-order valence-corrected chi connectivity index (χ3v) is 7.16. The SMILES string of the molecule is CCN(CC)c1ccc(N2C(=O)C(=O)/C(=C(\O)c3ccc(OC)c(Br)c3)C2c2cccc(OC)c2)cc1. The highest BCUT2D eigenvalue weighted by Crippen LogP contribution is 2.43. The van der Waals surface area contributed by atoms with E-state index in [4.69, 9.17) is 9.47 Å².